The molecule has 0 atom stereocenters. The molecule has 1 aliphatic rings. The average molecular weight is 351 g/mol. The van der Waals surface area contributed by atoms with Crippen LogP contribution in [0.15, 0.2) is 23.1 Å². The molecular weight excluding hydrogens is 335 g/mol. The van der Waals surface area contributed by atoms with E-state index < -0.39 is 21.9 Å². The van der Waals surface area contributed by atoms with Gasteiger partial charge in [0.15, 0.2) is 0 Å². The third-order valence-corrected chi connectivity index (χ3v) is 5.26. The minimum absolute atomic E-state index is 0.0886. The van der Waals surface area contributed by atoms with E-state index in [0.717, 1.165) is 18.2 Å². The van der Waals surface area contributed by atoms with E-state index in [2.05, 4.69) is 9.46 Å². The number of amides is 1. The Hall–Kier alpha value is -1.38. The molecule has 6 nitrogen and oxygen atoms in total. The summed E-state index contributed by atoms with van der Waals surface area (Å²) in [6, 6.07) is 2.95. The highest BCUT2D eigenvalue weighted by Gasteiger charge is 2.27. The van der Waals surface area contributed by atoms with E-state index in [1.54, 1.807) is 0 Å². The number of carbonyl (C=O) groups is 1. The fourth-order valence-electron chi connectivity index (χ4n) is 2.24. The third kappa shape index (κ3) is 3.88. The standard InChI is InChI=1S/C13H16ClFN2O4S/c1-21-13(18)17-6-4-9(5-7-17)16-22(19,20)10-2-3-12(15)11(14)8-10/h2-3,8-9,16H,4-7H2,1H3. The lowest BCUT2D eigenvalue weighted by Crippen LogP contribution is -2.46. The largest absolute Gasteiger partial charge is 0.453 e. The summed E-state index contributed by atoms with van der Waals surface area (Å²) in [6.45, 7) is 0.814. The number of rotatable bonds is 3. The molecule has 0 saturated carbocycles. The van der Waals surface area contributed by atoms with Gasteiger partial charge in [0.05, 0.1) is 17.0 Å². The SMILES string of the molecule is COC(=O)N1CCC(NS(=O)(=O)c2ccc(F)c(Cl)c2)CC1. The number of hydrogen-bond donors (Lipinski definition) is 1. The average Bonchev–Trinajstić information content (AvgIpc) is 2.49. The number of halogens is 2. The minimum atomic E-state index is -3.78. The lowest BCUT2D eigenvalue weighted by molar-refractivity contribution is 0.111. The molecule has 1 saturated heterocycles. The van der Waals surface area contributed by atoms with Crippen molar-refractivity contribution in [3.63, 3.8) is 0 Å². The summed E-state index contributed by atoms with van der Waals surface area (Å²) in [7, 11) is -2.48. The molecule has 1 amide bonds. The van der Waals surface area contributed by atoms with E-state index in [0.29, 0.717) is 25.9 Å². The zero-order valence-corrected chi connectivity index (χ0v) is 13.5. The van der Waals surface area contributed by atoms with Crippen molar-refractivity contribution in [3.8, 4) is 0 Å². The van der Waals surface area contributed by atoms with Crippen molar-refractivity contribution >= 4 is 27.7 Å². The normalized spacial score (nSPS) is 16.6. The molecule has 0 aromatic heterocycles. The van der Waals surface area contributed by atoms with Crippen molar-refractivity contribution < 1.29 is 22.3 Å². The second-order valence-electron chi connectivity index (χ2n) is 4.93. The predicted molar refractivity (Wildman–Crippen MR) is 78.7 cm³/mol. The Morgan fingerprint density at radius 1 is 1.41 bits per heavy atom. The number of sulfonamides is 1. The Morgan fingerprint density at radius 2 is 2.05 bits per heavy atom. The molecule has 2 rings (SSSR count). The van der Waals surface area contributed by atoms with E-state index in [1.165, 1.54) is 12.0 Å². The number of hydrogen-bond acceptors (Lipinski definition) is 4. The van der Waals surface area contributed by atoms with Crippen LogP contribution in [0.1, 0.15) is 12.8 Å². The second-order valence-corrected chi connectivity index (χ2v) is 7.05. The Kier molecular flexibility index (Phi) is 5.25. The lowest BCUT2D eigenvalue weighted by atomic mass is 10.1. The summed E-state index contributed by atoms with van der Waals surface area (Å²) in [5.74, 6) is -0.674. The van der Waals surface area contributed by atoms with Crippen LogP contribution in [0.5, 0.6) is 0 Å². The number of nitrogens with one attached hydrogen (secondary N) is 1. The smallest absolute Gasteiger partial charge is 0.409 e. The van der Waals surface area contributed by atoms with Crippen LogP contribution in [-0.4, -0.2) is 45.7 Å². The van der Waals surface area contributed by atoms with Gasteiger partial charge in [-0.2, -0.15) is 0 Å². The summed E-state index contributed by atoms with van der Waals surface area (Å²) in [5.41, 5.74) is 0. The van der Waals surface area contributed by atoms with Gasteiger partial charge in [0.1, 0.15) is 5.82 Å². The first-order chi connectivity index (χ1) is 10.3. The number of likely N-dealkylation sites (tertiary alicyclic amines) is 1. The van der Waals surface area contributed by atoms with Gasteiger partial charge < -0.3 is 9.64 Å². The predicted octanol–water partition coefficient (Wildman–Crippen LogP) is 1.99. The number of piperidine rings is 1. The molecule has 1 aliphatic heterocycles. The van der Waals surface area contributed by atoms with Gasteiger partial charge in [0, 0.05) is 19.1 Å². The van der Waals surface area contributed by atoms with Crippen LogP contribution < -0.4 is 4.72 Å². The highest BCUT2D eigenvalue weighted by Crippen LogP contribution is 2.21. The lowest BCUT2D eigenvalue weighted by Gasteiger charge is -2.31. The molecule has 9 heteroatoms. The molecule has 1 aromatic carbocycles. The third-order valence-electron chi connectivity index (χ3n) is 3.45. The van der Waals surface area contributed by atoms with Crippen LogP contribution in [0.3, 0.4) is 0 Å². The van der Waals surface area contributed by atoms with E-state index in [4.69, 9.17) is 11.6 Å². The first-order valence-corrected chi connectivity index (χ1v) is 8.50. The molecule has 1 N–H and O–H groups in total. The van der Waals surface area contributed by atoms with Gasteiger partial charge in [-0.3, -0.25) is 0 Å². The molecule has 1 aromatic rings. The van der Waals surface area contributed by atoms with Crippen molar-refractivity contribution in [2.24, 2.45) is 0 Å². The topological polar surface area (TPSA) is 75.7 Å². The van der Waals surface area contributed by atoms with Crippen LogP contribution in [0.25, 0.3) is 0 Å². The molecule has 122 valence electrons. The number of carbonyl (C=O) groups excluding carboxylic acids is 1. The molecule has 22 heavy (non-hydrogen) atoms. The molecule has 1 heterocycles. The van der Waals surface area contributed by atoms with Crippen LogP contribution in [0.2, 0.25) is 5.02 Å². The van der Waals surface area contributed by atoms with Crippen molar-refractivity contribution in [1.29, 1.82) is 0 Å². The van der Waals surface area contributed by atoms with Crippen LogP contribution in [-0.2, 0) is 14.8 Å². The van der Waals surface area contributed by atoms with Gasteiger partial charge in [-0.1, -0.05) is 11.6 Å². The summed E-state index contributed by atoms with van der Waals surface area (Å²) in [5, 5.41) is -0.247. The highest BCUT2D eigenvalue weighted by atomic mass is 35.5. The Morgan fingerprint density at radius 3 is 2.59 bits per heavy atom. The van der Waals surface area contributed by atoms with Gasteiger partial charge in [0.2, 0.25) is 10.0 Å². The van der Waals surface area contributed by atoms with Crippen LogP contribution in [0.4, 0.5) is 9.18 Å². The number of nitrogens with zero attached hydrogens (tertiary/aromatic N) is 1. The van der Waals surface area contributed by atoms with Crippen molar-refractivity contribution in [2.75, 3.05) is 20.2 Å². The molecule has 0 spiro atoms. The summed E-state index contributed by atoms with van der Waals surface area (Å²) in [6.07, 6.45) is 0.526. The zero-order chi connectivity index (χ0) is 16.3. The number of methoxy groups -OCH3 is 1. The first kappa shape index (κ1) is 17.0. The van der Waals surface area contributed by atoms with Crippen LogP contribution in [0, 0.1) is 5.82 Å². The molecule has 0 aliphatic carbocycles. The second kappa shape index (κ2) is 6.80. The molecule has 1 fully saturated rings. The number of ether oxygens (including phenoxy) is 1. The molecular formula is C13H16ClFN2O4S. The number of benzene rings is 1. The maximum absolute atomic E-state index is 13.1. The Balaban J connectivity index is 2.01. The van der Waals surface area contributed by atoms with Gasteiger partial charge in [0.25, 0.3) is 0 Å². The van der Waals surface area contributed by atoms with Crippen molar-refractivity contribution in [2.45, 2.75) is 23.8 Å². The Bertz CT molecular complexity index is 660. The fourth-order valence-corrected chi connectivity index (χ4v) is 3.82. The van der Waals surface area contributed by atoms with Crippen molar-refractivity contribution in [1.82, 2.24) is 9.62 Å². The first-order valence-electron chi connectivity index (χ1n) is 6.64. The van der Waals surface area contributed by atoms with Crippen molar-refractivity contribution in [3.05, 3.63) is 29.0 Å². The highest BCUT2D eigenvalue weighted by molar-refractivity contribution is 7.89. The van der Waals surface area contributed by atoms with E-state index >= 15 is 0 Å². The Labute approximate surface area is 133 Å². The summed E-state index contributed by atoms with van der Waals surface area (Å²) < 4.78 is 44.7. The van der Waals surface area contributed by atoms with E-state index in [1.807, 2.05) is 0 Å². The zero-order valence-electron chi connectivity index (χ0n) is 11.9. The minimum Gasteiger partial charge on any atom is -0.453 e. The maximum Gasteiger partial charge on any atom is 0.409 e. The maximum atomic E-state index is 13.1. The molecule has 0 radical (unpaired) electrons. The van der Waals surface area contributed by atoms with Gasteiger partial charge in [-0.25, -0.2) is 22.3 Å². The van der Waals surface area contributed by atoms with E-state index in [9.17, 15) is 17.6 Å². The fraction of sp³-hybridized carbons (Fsp3) is 0.462. The molecule has 0 unspecified atom stereocenters. The van der Waals surface area contributed by atoms with Gasteiger partial charge >= 0.3 is 6.09 Å². The quantitative estimate of drug-likeness (QED) is 0.904. The van der Waals surface area contributed by atoms with Crippen LogP contribution >= 0.6 is 11.6 Å². The van der Waals surface area contributed by atoms with Gasteiger partial charge in [-0.15, -0.1) is 0 Å². The monoisotopic (exact) mass is 350 g/mol. The summed E-state index contributed by atoms with van der Waals surface area (Å²) >= 11 is 5.61. The summed E-state index contributed by atoms with van der Waals surface area (Å²) in [4.78, 5) is 12.8. The molecule has 0 bridgehead atoms. The van der Waals surface area contributed by atoms with E-state index in [-0.39, 0.29) is 16.0 Å². The van der Waals surface area contributed by atoms with Gasteiger partial charge in [-0.05, 0) is 31.0 Å².